The van der Waals surface area contributed by atoms with E-state index < -0.39 is 11.0 Å². The first-order chi connectivity index (χ1) is 11.5. The van der Waals surface area contributed by atoms with E-state index in [2.05, 4.69) is 5.32 Å². The average Bonchev–Trinajstić information content (AvgIpc) is 2.58. The number of nitrogens with zero attached hydrogens (tertiary/aromatic N) is 1. The van der Waals surface area contributed by atoms with Gasteiger partial charge in [0.25, 0.3) is 5.69 Å². The van der Waals surface area contributed by atoms with Crippen LogP contribution in [0.2, 0.25) is 0 Å². The van der Waals surface area contributed by atoms with E-state index >= 15 is 0 Å². The SMILES string of the molecule is Cc1ccccc1C(O)CNC(=O)CCc1cccc([N+](=O)[O-])c1. The van der Waals surface area contributed by atoms with Gasteiger partial charge in [0.15, 0.2) is 0 Å². The predicted molar refractivity (Wildman–Crippen MR) is 90.6 cm³/mol. The summed E-state index contributed by atoms with van der Waals surface area (Å²) in [5.74, 6) is -0.200. The van der Waals surface area contributed by atoms with Gasteiger partial charge in [-0.25, -0.2) is 0 Å². The number of hydrogen-bond acceptors (Lipinski definition) is 4. The van der Waals surface area contributed by atoms with E-state index in [1.807, 2.05) is 31.2 Å². The van der Waals surface area contributed by atoms with Crippen molar-refractivity contribution < 1.29 is 14.8 Å². The Hall–Kier alpha value is -2.73. The summed E-state index contributed by atoms with van der Waals surface area (Å²) in [7, 11) is 0. The Bertz CT molecular complexity index is 730. The molecular weight excluding hydrogens is 308 g/mol. The number of nitro groups is 1. The molecule has 0 radical (unpaired) electrons. The minimum Gasteiger partial charge on any atom is -0.387 e. The summed E-state index contributed by atoms with van der Waals surface area (Å²) < 4.78 is 0. The maximum Gasteiger partial charge on any atom is 0.269 e. The smallest absolute Gasteiger partial charge is 0.269 e. The van der Waals surface area contributed by atoms with Crippen molar-refractivity contribution in [1.29, 1.82) is 0 Å². The summed E-state index contributed by atoms with van der Waals surface area (Å²) in [6.45, 7) is 2.04. The minimum absolute atomic E-state index is 0.0166. The fourth-order valence-electron chi connectivity index (χ4n) is 2.45. The van der Waals surface area contributed by atoms with Crippen LogP contribution in [0.3, 0.4) is 0 Å². The molecule has 126 valence electrons. The Labute approximate surface area is 140 Å². The van der Waals surface area contributed by atoms with E-state index in [9.17, 15) is 20.0 Å². The number of hydrogen-bond donors (Lipinski definition) is 2. The van der Waals surface area contributed by atoms with Crippen molar-refractivity contribution in [2.45, 2.75) is 25.9 Å². The zero-order valence-electron chi connectivity index (χ0n) is 13.4. The Kier molecular flexibility index (Phi) is 6.03. The molecule has 2 aromatic rings. The third-order valence-electron chi connectivity index (χ3n) is 3.80. The molecule has 0 saturated heterocycles. The predicted octanol–water partition coefficient (Wildman–Crippen LogP) is 2.69. The molecule has 2 aromatic carbocycles. The fraction of sp³-hybridized carbons (Fsp3) is 0.278. The number of benzene rings is 2. The number of rotatable bonds is 7. The Morgan fingerprint density at radius 3 is 2.71 bits per heavy atom. The second kappa shape index (κ2) is 8.21. The van der Waals surface area contributed by atoms with Gasteiger partial charge < -0.3 is 10.4 Å². The standard InChI is InChI=1S/C18H20N2O4/c1-13-5-2-3-8-16(13)17(21)12-19-18(22)10-9-14-6-4-7-15(11-14)20(23)24/h2-8,11,17,21H,9-10,12H2,1H3,(H,19,22). The maximum absolute atomic E-state index is 11.9. The quantitative estimate of drug-likeness (QED) is 0.604. The van der Waals surface area contributed by atoms with Gasteiger partial charge in [0, 0.05) is 25.1 Å². The first kappa shape index (κ1) is 17.6. The molecule has 0 aliphatic rings. The molecule has 0 saturated carbocycles. The zero-order chi connectivity index (χ0) is 17.5. The molecule has 1 amide bonds. The maximum atomic E-state index is 11.9. The van der Waals surface area contributed by atoms with Crippen molar-refractivity contribution in [2.24, 2.45) is 0 Å². The van der Waals surface area contributed by atoms with Gasteiger partial charge in [0.1, 0.15) is 0 Å². The van der Waals surface area contributed by atoms with Crippen molar-refractivity contribution in [1.82, 2.24) is 5.32 Å². The summed E-state index contributed by atoms with van der Waals surface area (Å²) in [5.41, 5.74) is 2.51. The average molecular weight is 328 g/mol. The normalized spacial score (nSPS) is 11.8. The molecule has 0 aliphatic heterocycles. The number of carbonyl (C=O) groups excluding carboxylic acids is 1. The van der Waals surface area contributed by atoms with Crippen LogP contribution in [0.1, 0.15) is 29.2 Å². The van der Waals surface area contributed by atoms with Crippen LogP contribution in [-0.2, 0) is 11.2 Å². The second-order valence-corrected chi connectivity index (χ2v) is 5.60. The third-order valence-corrected chi connectivity index (χ3v) is 3.80. The van der Waals surface area contributed by atoms with E-state index in [4.69, 9.17) is 0 Å². The van der Waals surface area contributed by atoms with Gasteiger partial charge in [-0.05, 0) is 30.0 Å². The van der Waals surface area contributed by atoms with Crippen molar-refractivity contribution in [3.05, 3.63) is 75.3 Å². The molecule has 0 fully saturated rings. The first-order valence-corrected chi connectivity index (χ1v) is 7.71. The van der Waals surface area contributed by atoms with Crippen molar-refractivity contribution >= 4 is 11.6 Å². The Balaban J connectivity index is 1.82. The largest absolute Gasteiger partial charge is 0.387 e. The Morgan fingerprint density at radius 1 is 1.25 bits per heavy atom. The lowest BCUT2D eigenvalue weighted by atomic mass is 10.0. The molecule has 24 heavy (non-hydrogen) atoms. The lowest BCUT2D eigenvalue weighted by molar-refractivity contribution is -0.384. The summed E-state index contributed by atoms with van der Waals surface area (Å²) in [4.78, 5) is 22.2. The summed E-state index contributed by atoms with van der Waals surface area (Å²) in [6.07, 6.45) is -0.136. The highest BCUT2D eigenvalue weighted by Crippen LogP contribution is 2.17. The summed E-state index contributed by atoms with van der Waals surface area (Å²) in [6, 6.07) is 13.7. The van der Waals surface area contributed by atoms with Crippen LogP contribution < -0.4 is 5.32 Å². The van der Waals surface area contributed by atoms with Crippen molar-refractivity contribution in [3.8, 4) is 0 Å². The molecule has 0 bridgehead atoms. The van der Waals surface area contributed by atoms with Crippen LogP contribution in [0, 0.1) is 17.0 Å². The molecule has 0 aromatic heterocycles. The van der Waals surface area contributed by atoms with E-state index in [1.54, 1.807) is 12.1 Å². The molecule has 2 rings (SSSR count). The molecule has 6 nitrogen and oxygen atoms in total. The summed E-state index contributed by atoms with van der Waals surface area (Å²) in [5, 5.41) is 23.6. The van der Waals surface area contributed by atoms with Gasteiger partial charge in [-0.15, -0.1) is 0 Å². The number of nitro benzene ring substituents is 1. The monoisotopic (exact) mass is 328 g/mol. The summed E-state index contributed by atoms with van der Waals surface area (Å²) >= 11 is 0. The molecule has 1 unspecified atom stereocenters. The number of carbonyl (C=O) groups is 1. The van der Waals surface area contributed by atoms with Gasteiger partial charge in [0.05, 0.1) is 11.0 Å². The van der Waals surface area contributed by atoms with Gasteiger partial charge >= 0.3 is 0 Å². The number of aliphatic hydroxyl groups is 1. The van der Waals surface area contributed by atoms with E-state index in [0.717, 1.165) is 16.7 Å². The van der Waals surface area contributed by atoms with Crippen LogP contribution in [0.25, 0.3) is 0 Å². The number of nitrogens with one attached hydrogen (secondary N) is 1. The van der Waals surface area contributed by atoms with Crippen LogP contribution in [-0.4, -0.2) is 22.5 Å². The molecule has 0 spiro atoms. The third kappa shape index (κ3) is 4.89. The van der Waals surface area contributed by atoms with E-state index in [-0.39, 0.29) is 24.6 Å². The zero-order valence-corrected chi connectivity index (χ0v) is 13.4. The number of amides is 1. The lowest BCUT2D eigenvalue weighted by Gasteiger charge is -2.14. The topological polar surface area (TPSA) is 92.5 Å². The number of aliphatic hydroxyl groups excluding tert-OH is 1. The lowest BCUT2D eigenvalue weighted by Crippen LogP contribution is -2.28. The Morgan fingerprint density at radius 2 is 2.00 bits per heavy atom. The molecule has 0 heterocycles. The van der Waals surface area contributed by atoms with Crippen molar-refractivity contribution in [2.75, 3.05) is 6.54 Å². The van der Waals surface area contributed by atoms with Crippen LogP contribution >= 0.6 is 0 Å². The highest BCUT2D eigenvalue weighted by Gasteiger charge is 2.12. The first-order valence-electron chi connectivity index (χ1n) is 7.71. The fourth-order valence-corrected chi connectivity index (χ4v) is 2.45. The van der Waals surface area contributed by atoms with Crippen molar-refractivity contribution in [3.63, 3.8) is 0 Å². The van der Waals surface area contributed by atoms with Gasteiger partial charge in [-0.3, -0.25) is 14.9 Å². The van der Waals surface area contributed by atoms with Gasteiger partial charge in [0.2, 0.25) is 5.91 Å². The molecule has 2 N–H and O–H groups in total. The van der Waals surface area contributed by atoms with Crippen LogP contribution in [0.5, 0.6) is 0 Å². The molecular formula is C18H20N2O4. The molecule has 6 heteroatoms. The number of aryl methyl sites for hydroxylation is 2. The van der Waals surface area contributed by atoms with E-state index in [0.29, 0.717) is 6.42 Å². The van der Waals surface area contributed by atoms with Crippen LogP contribution in [0.15, 0.2) is 48.5 Å². The van der Waals surface area contributed by atoms with Crippen LogP contribution in [0.4, 0.5) is 5.69 Å². The van der Waals surface area contributed by atoms with E-state index in [1.165, 1.54) is 12.1 Å². The highest BCUT2D eigenvalue weighted by atomic mass is 16.6. The van der Waals surface area contributed by atoms with Gasteiger partial charge in [-0.2, -0.15) is 0 Å². The minimum atomic E-state index is -0.757. The number of non-ortho nitro benzene ring substituents is 1. The highest BCUT2D eigenvalue weighted by molar-refractivity contribution is 5.76. The second-order valence-electron chi connectivity index (χ2n) is 5.60. The molecule has 0 aliphatic carbocycles. The van der Waals surface area contributed by atoms with Gasteiger partial charge in [-0.1, -0.05) is 36.4 Å². The molecule has 1 atom stereocenters.